The van der Waals surface area contributed by atoms with Gasteiger partial charge in [-0.25, -0.2) is 4.98 Å². The Morgan fingerprint density at radius 3 is 2.45 bits per heavy atom. The van der Waals surface area contributed by atoms with E-state index in [0.29, 0.717) is 11.7 Å². The summed E-state index contributed by atoms with van der Waals surface area (Å²) in [7, 11) is 0. The summed E-state index contributed by atoms with van der Waals surface area (Å²) in [5.74, 6) is 1.06. The van der Waals surface area contributed by atoms with Gasteiger partial charge in [-0.3, -0.25) is 4.98 Å². The van der Waals surface area contributed by atoms with Crippen LogP contribution in [0.2, 0.25) is 0 Å². The first kappa shape index (κ1) is 18.3. The largest absolute Gasteiger partial charge is 0.383 e. The number of pyridine rings is 1. The fourth-order valence-corrected chi connectivity index (χ4v) is 4.78. The number of halogens is 1. The molecule has 1 aromatic carbocycles. The van der Waals surface area contributed by atoms with Crippen molar-refractivity contribution < 1.29 is 0 Å². The van der Waals surface area contributed by atoms with Gasteiger partial charge in [0.05, 0.1) is 22.1 Å². The van der Waals surface area contributed by atoms with E-state index in [-0.39, 0.29) is 0 Å². The quantitative estimate of drug-likeness (QED) is 0.427. The van der Waals surface area contributed by atoms with Gasteiger partial charge in [-0.05, 0) is 34.8 Å². The van der Waals surface area contributed by atoms with Gasteiger partial charge in [-0.2, -0.15) is 9.61 Å². The van der Waals surface area contributed by atoms with E-state index in [1.165, 1.54) is 19.3 Å². The van der Waals surface area contributed by atoms with Crippen molar-refractivity contribution in [3.8, 4) is 22.4 Å². The Bertz CT molecular complexity index is 1150. The molecule has 1 aliphatic rings. The molecule has 146 valence electrons. The zero-order valence-electron chi connectivity index (χ0n) is 16.1. The predicted octanol–water partition coefficient (Wildman–Crippen LogP) is 5.85. The van der Waals surface area contributed by atoms with Crippen molar-refractivity contribution in [2.75, 3.05) is 5.73 Å². The molecule has 1 aliphatic carbocycles. The van der Waals surface area contributed by atoms with Crippen LogP contribution in [0.25, 0.3) is 28.0 Å². The third-order valence-corrected chi connectivity index (χ3v) is 6.60. The van der Waals surface area contributed by atoms with Crippen LogP contribution in [-0.2, 0) is 0 Å². The second-order valence-electron chi connectivity index (χ2n) is 7.62. The van der Waals surface area contributed by atoms with Gasteiger partial charge < -0.3 is 5.73 Å². The molecule has 6 heteroatoms. The van der Waals surface area contributed by atoms with E-state index in [0.717, 1.165) is 51.0 Å². The lowest BCUT2D eigenvalue weighted by Crippen LogP contribution is -2.11. The number of hydrogen-bond donors (Lipinski definition) is 1. The van der Waals surface area contributed by atoms with Crippen LogP contribution in [0.15, 0.2) is 59.3 Å². The number of hydrogen-bond acceptors (Lipinski definition) is 4. The molecule has 0 bridgehead atoms. The Morgan fingerprint density at radius 1 is 0.931 bits per heavy atom. The number of aromatic nitrogens is 4. The van der Waals surface area contributed by atoms with Gasteiger partial charge in [0.1, 0.15) is 5.82 Å². The molecule has 1 fully saturated rings. The molecule has 4 aromatic rings. The lowest BCUT2D eigenvalue weighted by Gasteiger charge is -2.22. The number of anilines is 1. The Labute approximate surface area is 178 Å². The number of nitrogen functional groups attached to an aromatic ring is 1. The minimum atomic E-state index is 0.451. The predicted molar refractivity (Wildman–Crippen MR) is 120 cm³/mol. The third-order valence-electron chi connectivity index (χ3n) is 5.78. The normalized spacial score (nSPS) is 15.1. The average Bonchev–Trinajstić information content (AvgIpc) is 3.22. The van der Waals surface area contributed by atoms with Crippen LogP contribution < -0.4 is 5.73 Å². The van der Waals surface area contributed by atoms with Crippen LogP contribution in [0.3, 0.4) is 0 Å². The van der Waals surface area contributed by atoms with Gasteiger partial charge in [-0.15, -0.1) is 0 Å². The number of nitrogens with zero attached hydrogens (tertiary/aromatic N) is 4. The number of nitrogens with two attached hydrogens (primary N) is 1. The van der Waals surface area contributed by atoms with E-state index >= 15 is 0 Å². The molecular formula is C23H22BrN5. The van der Waals surface area contributed by atoms with Crippen molar-refractivity contribution in [3.63, 3.8) is 0 Å². The lowest BCUT2D eigenvalue weighted by molar-refractivity contribution is 0.435. The second kappa shape index (κ2) is 7.59. The molecule has 29 heavy (non-hydrogen) atoms. The summed E-state index contributed by atoms with van der Waals surface area (Å²) >= 11 is 3.68. The number of fused-ring (bicyclic) bond motifs is 1. The first-order chi connectivity index (χ1) is 14.2. The average molecular weight is 448 g/mol. The molecule has 0 atom stereocenters. The fraction of sp³-hybridized carbons (Fsp3) is 0.261. The summed E-state index contributed by atoms with van der Waals surface area (Å²) in [4.78, 5) is 9.68. The molecule has 0 saturated heterocycles. The van der Waals surface area contributed by atoms with Crippen LogP contribution in [0.4, 0.5) is 5.82 Å². The highest BCUT2D eigenvalue weighted by atomic mass is 79.9. The van der Waals surface area contributed by atoms with Crippen LogP contribution in [0.1, 0.15) is 43.7 Å². The summed E-state index contributed by atoms with van der Waals surface area (Å²) in [6.45, 7) is 0. The van der Waals surface area contributed by atoms with Crippen molar-refractivity contribution >= 4 is 27.4 Å². The Morgan fingerprint density at radius 2 is 1.72 bits per heavy atom. The molecule has 0 unspecified atom stereocenters. The monoisotopic (exact) mass is 447 g/mol. The first-order valence-corrected chi connectivity index (χ1v) is 10.9. The Hall–Kier alpha value is -2.73. The first-order valence-electron chi connectivity index (χ1n) is 10.1. The summed E-state index contributed by atoms with van der Waals surface area (Å²) in [6.07, 6.45) is 9.86. The van der Waals surface area contributed by atoms with Crippen molar-refractivity contribution in [2.24, 2.45) is 0 Å². The van der Waals surface area contributed by atoms with Gasteiger partial charge in [0.2, 0.25) is 0 Å². The molecule has 0 spiro atoms. The van der Waals surface area contributed by atoms with Crippen molar-refractivity contribution in [3.05, 3.63) is 65.0 Å². The topological polar surface area (TPSA) is 69.1 Å². The van der Waals surface area contributed by atoms with Crippen LogP contribution in [0.5, 0.6) is 0 Å². The molecule has 1 saturated carbocycles. The standard InChI is InChI=1S/C23H22BrN5/c24-20-21(16-9-5-2-6-10-16)28-23-18(14-27-29(23)22(20)25)17-11-12-19(26-13-17)15-7-3-1-4-8-15/h1,3-4,7-8,11-14,16H,2,5-6,9-10,25H2. The Kier molecular flexibility index (Phi) is 4.79. The summed E-state index contributed by atoms with van der Waals surface area (Å²) in [6, 6.07) is 14.3. The van der Waals surface area contributed by atoms with Crippen LogP contribution in [0, 0.1) is 0 Å². The van der Waals surface area contributed by atoms with Gasteiger partial charge in [0.15, 0.2) is 5.65 Å². The molecule has 2 N–H and O–H groups in total. The van der Waals surface area contributed by atoms with Crippen molar-refractivity contribution in [2.45, 2.75) is 38.0 Å². The minimum Gasteiger partial charge on any atom is -0.383 e. The molecule has 5 rings (SSSR count). The highest BCUT2D eigenvalue weighted by molar-refractivity contribution is 9.10. The zero-order chi connectivity index (χ0) is 19.8. The molecule has 5 nitrogen and oxygen atoms in total. The van der Waals surface area contributed by atoms with Gasteiger partial charge in [0, 0.05) is 28.8 Å². The van der Waals surface area contributed by atoms with E-state index in [9.17, 15) is 0 Å². The van der Waals surface area contributed by atoms with Crippen LogP contribution >= 0.6 is 15.9 Å². The lowest BCUT2D eigenvalue weighted by atomic mass is 9.87. The molecule has 0 amide bonds. The van der Waals surface area contributed by atoms with Gasteiger partial charge in [-0.1, -0.05) is 55.7 Å². The van der Waals surface area contributed by atoms with E-state index in [4.69, 9.17) is 10.7 Å². The maximum absolute atomic E-state index is 6.42. The Balaban J connectivity index is 1.57. The van der Waals surface area contributed by atoms with E-state index < -0.39 is 0 Å². The molecule has 3 aromatic heterocycles. The number of rotatable bonds is 3. The maximum Gasteiger partial charge on any atom is 0.165 e. The highest BCUT2D eigenvalue weighted by Crippen LogP contribution is 2.39. The minimum absolute atomic E-state index is 0.451. The fourth-order valence-electron chi connectivity index (χ4n) is 4.20. The molecule has 0 radical (unpaired) electrons. The summed E-state index contributed by atoms with van der Waals surface area (Å²) in [5.41, 5.74) is 12.3. The molecule has 0 aliphatic heterocycles. The number of benzene rings is 1. The van der Waals surface area contributed by atoms with Crippen molar-refractivity contribution in [1.29, 1.82) is 0 Å². The smallest absolute Gasteiger partial charge is 0.165 e. The van der Waals surface area contributed by atoms with Crippen molar-refractivity contribution in [1.82, 2.24) is 19.6 Å². The van der Waals surface area contributed by atoms with Gasteiger partial charge in [0.25, 0.3) is 0 Å². The van der Waals surface area contributed by atoms with Crippen LogP contribution in [-0.4, -0.2) is 19.6 Å². The molecule has 3 heterocycles. The van der Waals surface area contributed by atoms with E-state index in [1.807, 2.05) is 36.7 Å². The summed E-state index contributed by atoms with van der Waals surface area (Å²) < 4.78 is 2.60. The third kappa shape index (κ3) is 3.31. The second-order valence-corrected chi connectivity index (χ2v) is 8.42. The zero-order valence-corrected chi connectivity index (χ0v) is 17.6. The van der Waals surface area contributed by atoms with E-state index in [1.54, 1.807) is 4.52 Å². The van der Waals surface area contributed by atoms with E-state index in [2.05, 4.69) is 44.2 Å². The maximum atomic E-state index is 6.42. The highest BCUT2D eigenvalue weighted by Gasteiger charge is 2.23. The SMILES string of the molecule is Nc1c(Br)c(C2CCCCC2)nc2c(-c3ccc(-c4ccccc4)nc3)cnn12. The summed E-state index contributed by atoms with van der Waals surface area (Å²) in [5, 5.41) is 4.49. The molecular weight excluding hydrogens is 426 g/mol. The van der Waals surface area contributed by atoms with Gasteiger partial charge >= 0.3 is 0 Å².